The molecule has 7 nitrogen and oxygen atoms in total. The van der Waals surface area contributed by atoms with Gasteiger partial charge in [0.15, 0.2) is 0 Å². The van der Waals surface area contributed by atoms with Crippen molar-refractivity contribution in [3.8, 4) is 5.75 Å². The summed E-state index contributed by atoms with van der Waals surface area (Å²) < 4.78 is 18.4. The number of rotatable bonds is 9. The molecule has 0 radical (unpaired) electrons. The van der Waals surface area contributed by atoms with Crippen molar-refractivity contribution in [1.29, 1.82) is 0 Å². The lowest BCUT2D eigenvalue weighted by Gasteiger charge is -2.36. The number of carbonyl (C=O) groups excluding carboxylic acids is 2. The molecule has 0 aromatic heterocycles. The Hall–Kier alpha value is -3.13. The molecule has 2 heterocycles. The van der Waals surface area contributed by atoms with Crippen molar-refractivity contribution < 1.29 is 18.7 Å². The highest BCUT2D eigenvalue weighted by molar-refractivity contribution is 5.90. The Morgan fingerprint density at radius 3 is 2.44 bits per heavy atom. The summed E-state index contributed by atoms with van der Waals surface area (Å²) in [5.74, 6) is 0.425. The first-order valence-electron chi connectivity index (χ1n) is 12.0. The van der Waals surface area contributed by atoms with Gasteiger partial charge in [-0.05, 0) is 61.3 Å². The predicted molar refractivity (Wildman–Crippen MR) is 129 cm³/mol. The molecular weight excluding hydrogens is 435 g/mol. The minimum atomic E-state index is -0.453. The van der Waals surface area contributed by atoms with E-state index in [1.807, 2.05) is 12.1 Å². The third kappa shape index (κ3) is 6.05. The maximum atomic E-state index is 13.2. The SMILES string of the molecule is COc1ccc(N2CCN(CCCNC(=O)[C@H]3CCC(=O)N3Cc3ccc(F)cc3)CC2)cc1. The molecular formula is C26H33FN4O3. The van der Waals surface area contributed by atoms with Crippen LogP contribution in [0.25, 0.3) is 0 Å². The highest BCUT2D eigenvalue weighted by Gasteiger charge is 2.35. The van der Waals surface area contributed by atoms with Crippen LogP contribution in [0.1, 0.15) is 24.8 Å². The van der Waals surface area contributed by atoms with Crippen LogP contribution in [-0.2, 0) is 16.1 Å². The van der Waals surface area contributed by atoms with Gasteiger partial charge in [0.1, 0.15) is 17.6 Å². The van der Waals surface area contributed by atoms with Crippen LogP contribution < -0.4 is 15.0 Å². The summed E-state index contributed by atoms with van der Waals surface area (Å²) in [7, 11) is 1.67. The smallest absolute Gasteiger partial charge is 0.242 e. The highest BCUT2D eigenvalue weighted by Crippen LogP contribution is 2.22. The molecule has 1 atom stereocenters. The number of benzene rings is 2. The third-order valence-corrected chi connectivity index (χ3v) is 6.66. The molecule has 2 fully saturated rings. The van der Waals surface area contributed by atoms with E-state index in [4.69, 9.17) is 4.74 Å². The van der Waals surface area contributed by atoms with Crippen molar-refractivity contribution >= 4 is 17.5 Å². The Morgan fingerprint density at radius 1 is 1.06 bits per heavy atom. The molecule has 8 heteroatoms. The van der Waals surface area contributed by atoms with E-state index in [2.05, 4.69) is 27.2 Å². The first kappa shape index (κ1) is 24.0. The summed E-state index contributed by atoms with van der Waals surface area (Å²) in [5.41, 5.74) is 2.03. The van der Waals surface area contributed by atoms with E-state index in [-0.39, 0.29) is 17.6 Å². The molecule has 0 unspecified atom stereocenters. The minimum Gasteiger partial charge on any atom is -0.497 e. The Labute approximate surface area is 200 Å². The quantitative estimate of drug-likeness (QED) is 0.574. The average molecular weight is 469 g/mol. The number of anilines is 1. The van der Waals surface area contributed by atoms with Gasteiger partial charge in [0.05, 0.1) is 7.11 Å². The van der Waals surface area contributed by atoms with Crippen LogP contribution >= 0.6 is 0 Å². The number of ether oxygens (including phenoxy) is 1. The van der Waals surface area contributed by atoms with Crippen molar-refractivity contribution in [2.45, 2.75) is 31.8 Å². The van der Waals surface area contributed by atoms with E-state index in [0.717, 1.165) is 50.5 Å². The molecule has 0 bridgehead atoms. The van der Waals surface area contributed by atoms with Crippen LogP contribution in [0.5, 0.6) is 5.75 Å². The topological polar surface area (TPSA) is 65.1 Å². The monoisotopic (exact) mass is 468 g/mol. The van der Waals surface area contributed by atoms with E-state index < -0.39 is 6.04 Å². The first-order valence-corrected chi connectivity index (χ1v) is 12.0. The molecule has 4 rings (SSSR count). The lowest BCUT2D eigenvalue weighted by atomic mass is 10.1. The van der Waals surface area contributed by atoms with Crippen molar-refractivity contribution in [3.63, 3.8) is 0 Å². The molecule has 2 aromatic carbocycles. The van der Waals surface area contributed by atoms with Gasteiger partial charge in [-0.1, -0.05) is 12.1 Å². The number of hydrogen-bond donors (Lipinski definition) is 1. The molecule has 2 amide bonds. The van der Waals surface area contributed by atoms with Crippen molar-refractivity contribution in [2.24, 2.45) is 0 Å². The van der Waals surface area contributed by atoms with Gasteiger partial charge in [-0.2, -0.15) is 0 Å². The summed E-state index contributed by atoms with van der Waals surface area (Å²) in [6.45, 7) is 5.77. The number of piperazine rings is 1. The predicted octanol–water partition coefficient (Wildman–Crippen LogP) is 2.65. The van der Waals surface area contributed by atoms with E-state index in [9.17, 15) is 14.0 Å². The average Bonchev–Trinajstić information content (AvgIpc) is 3.23. The van der Waals surface area contributed by atoms with Crippen LogP contribution in [0.3, 0.4) is 0 Å². The van der Waals surface area contributed by atoms with Crippen molar-refractivity contribution in [2.75, 3.05) is 51.3 Å². The normalized spacial score (nSPS) is 18.9. The van der Waals surface area contributed by atoms with Crippen molar-refractivity contribution in [1.82, 2.24) is 15.1 Å². The Morgan fingerprint density at radius 2 is 1.76 bits per heavy atom. The highest BCUT2D eigenvalue weighted by atomic mass is 19.1. The fraction of sp³-hybridized carbons (Fsp3) is 0.462. The number of carbonyl (C=O) groups is 2. The standard InChI is InChI=1S/C26H33FN4O3/c1-34-23-9-7-22(8-10-23)30-17-15-29(16-18-30)14-2-13-28-26(33)24-11-12-25(32)31(24)19-20-3-5-21(27)6-4-20/h3-10,24H,2,11-19H2,1H3,(H,28,33)/t24-/m1/s1. The van der Waals surface area contributed by atoms with Gasteiger partial charge < -0.3 is 19.9 Å². The number of hydrogen-bond acceptors (Lipinski definition) is 5. The van der Waals surface area contributed by atoms with Crippen molar-refractivity contribution in [3.05, 3.63) is 59.9 Å². The molecule has 0 saturated carbocycles. The van der Waals surface area contributed by atoms with Gasteiger partial charge in [-0.15, -0.1) is 0 Å². The van der Waals surface area contributed by atoms with Crippen LogP contribution in [0.2, 0.25) is 0 Å². The molecule has 1 N–H and O–H groups in total. The van der Waals surface area contributed by atoms with E-state index in [0.29, 0.717) is 25.9 Å². The van der Waals surface area contributed by atoms with Crippen LogP contribution in [0.15, 0.2) is 48.5 Å². The molecule has 0 aliphatic carbocycles. The molecule has 2 aliphatic rings. The number of nitrogens with zero attached hydrogens (tertiary/aromatic N) is 3. The fourth-order valence-electron chi connectivity index (χ4n) is 4.65. The molecule has 2 saturated heterocycles. The third-order valence-electron chi connectivity index (χ3n) is 6.66. The summed E-state index contributed by atoms with van der Waals surface area (Å²) in [6, 6.07) is 13.8. The zero-order valence-electron chi connectivity index (χ0n) is 19.7. The number of amides is 2. The van der Waals surface area contributed by atoms with Gasteiger partial charge in [-0.25, -0.2) is 4.39 Å². The van der Waals surface area contributed by atoms with Gasteiger partial charge in [0.25, 0.3) is 0 Å². The summed E-state index contributed by atoms with van der Waals surface area (Å²) in [6.07, 6.45) is 1.77. The number of likely N-dealkylation sites (tertiary alicyclic amines) is 1. The molecule has 0 spiro atoms. The fourth-order valence-corrected chi connectivity index (χ4v) is 4.65. The molecule has 34 heavy (non-hydrogen) atoms. The van der Waals surface area contributed by atoms with Gasteiger partial charge in [0.2, 0.25) is 11.8 Å². The lowest BCUT2D eigenvalue weighted by molar-refractivity contribution is -0.135. The number of methoxy groups -OCH3 is 1. The maximum absolute atomic E-state index is 13.2. The van der Waals surface area contributed by atoms with Crippen LogP contribution in [0, 0.1) is 5.82 Å². The van der Waals surface area contributed by atoms with E-state index >= 15 is 0 Å². The van der Waals surface area contributed by atoms with Gasteiger partial charge in [-0.3, -0.25) is 14.5 Å². The van der Waals surface area contributed by atoms with Gasteiger partial charge in [0, 0.05) is 51.4 Å². The Bertz CT molecular complexity index is 959. The Kier molecular flexibility index (Phi) is 8.00. The zero-order chi connectivity index (χ0) is 23.9. The lowest BCUT2D eigenvalue weighted by Crippen LogP contribution is -2.47. The summed E-state index contributed by atoms with van der Waals surface area (Å²) in [5, 5.41) is 3.01. The van der Waals surface area contributed by atoms with Crippen LogP contribution in [-0.4, -0.2) is 74.0 Å². The second-order valence-corrected chi connectivity index (χ2v) is 8.87. The molecule has 182 valence electrons. The largest absolute Gasteiger partial charge is 0.497 e. The molecule has 2 aromatic rings. The van der Waals surface area contributed by atoms with Crippen LogP contribution in [0.4, 0.5) is 10.1 Å². The maximum Gasteiger partial charge on any atom is 0.242 e. The molecule has 2 aliphatic heterocycles. The van der Waals surface area contributed by atoms with E-state index in [1.54, 1.807) is 24.1 Å². The van der Waals surface area contributed by atoms with E-state index in [1.165, 1.54) is 17.8 Å². The first-order chi connectivity index (χ1) is 16.5. The second kappa shape index (κ2) is 11.3. The number of nitrogens with one attached hydrogen (secondary N) is 1. The number of halogens is 1. The Balaban J connectivity index is 1.17. The van der Waals surface area contributed by atoms with Gasteiger partial charge >= 0.3 is 0 Å². The minimum absolute atomic E-state index is 0.0285. The second-order valence-electron chi connectivity index (χ2n) is 8.87. The summed E-state index contributed by atoms with van der Waals surface area (Å²) in [4.78, 5) is 31.5. The summed E-state index contributed by atoms with van der Waals surface area (Å²) >= 11 is 0. The zero-order valence-corrected chi connectivity index (χ0v) is 19.7.